The molecular weight excluding hydrogens is 325 g/mol. The molecule has 0 fully saturated rings. The second kappa shape index (κ2) is 7.14. The molecule has 0 aromatic heterocycles. The summed E-state index contributed by atoms with van der Waals surface area (Å²) in [6, 6.07) is 12.9. The second-order valence-corrected chi connectivity index (χ2v) is 7.69. The Morgan fingerprint density at radius 3 is 2.64 bits per heavy atom. The van der Waals surface area contributed by atoms with Gasteiger partial charge in [0.25, 0.3) is 0 Å². The van der Waals surface area contributed by atoms with Gasteiger partial charge in [-0.15, -0.1) is 0 Å². The van der Waals surface area contributed by atoms with Crippen LogP contribution in [-0.2, 0) is 14.1 Å². The Morgan fingerprint density at radius 1 is 1.23 bits per heavy atom. The van der Waals surface area contributed by atoms with Crippen molar-refractivity contribution >= 4 is 34.9 Å². The zero-order valence-corrected chi connectivity index (χ0v) is 14.0. The van der Waals surface area contributed by atoms with E-state index < -0.39 is 12.8 Å². The number of carbonyl (C=O) groups excluding carboxylic acids is 1. The van der Waals surface area contributed by atoms with E-state index in [2.05, 4.69) is 0 Å². The van der Waals surface area contributed by atoms with E-state index in [1.165, 1.54) is 7.05 Å². The molecule has 0 saturated heterocycles. The van der Waals surface area contributed by atoms with Crippen molar-refractivity contribution in [3.8, 4) is 5.75 Å². The van der Waals surface area contributed by atoms with Crippen molar-refractivity contribution in [2.45, 2.75) is 6.92 Å². The first-order chi connectivity index (χ1) is 10.4. The molecule has 0 N–H and O–H groups in total. The van der Waals surface area contributed by atoms with Crippen LogP contribution in [0.5, 0.6) is 5.75 Å². The zero-order valence-electron chi connectivity index (χ0n) is 12.4. The summed E-state index contributed by atoms with van der Waals surface area (Å²) in [6.07, 6.45) is 0. The molecule has 1 atom stereocenters. The van der Waals surface area contributed by atoms with Crippen molar-refractivity contribution in [3.05, 3.63) is 42.5 Å². The highest BCUT2D eigenvalue weighted by Gasteiger charge is 2.30. The number of hydrogen-bond donors (Lipinski definition) is 0. The quantitative estimate of drug-likeness (QED) is 0.586. The summed E-state index contributed by atoms with van der Waals surface area (Å²) in [6.45, 7) is -1.94. The standard InChI is InChI=1S/C15H17ClNO4P/c1-3-20-15(18)11-17(2)22(16,19)21-14-10-6-8-12-7-4-5-9-13(12)14/h4-10H,3,11H2,1-2H3. The van der Waals surface area contributed by atoms with Gasteiger partial charge in [0.15, 0.2) is 0 Å². The van der Waals surface area contributed by atoms with Crippen molar-refractivity contribution in [3.63, 3.8) is 0 Å². The molecule has 2 aromatic carbocycles. The third kappa shape index (κ3) is 4.01. The van der Waals surface area contributed by atoms with Crippen molar-refractivity contribution < 1.29 is 18.6 Å². The van der Waals surface area contributed by atoms with E-state index in [1.807, 2.05) is 30.3 Å². The van der Waals surface area contributed by atoms with Gasteiger partial charge in [-0.25, -0.2) is 9.24 Å². The van der Waals surface area contributed by atoms with E-state index in [4.69, 9.17) is 20.5 Å². The van der Waals surface area contributed by atoms with Crippen LogP contribution >= 0.6 is 18.1 Å². The summed E-state index contributed by atoms with van der Waals surface area (Å²) in [5, 5.41) is 1.75. The average Bonchev–Trinajstić information content (AvgIpc) is 2.47. The Labute approximate surface area is 134 Å². The SMILES string of the molecule is CCOC(=O)CN(C)P(=O)(Cl)Oc1cccc2ccccc12. The van der Waals surface area contributed by atoms with Crippen LogP contribution in [0.4, 0.5) is 0 Å². The van der Waals surface area contributed by atoms with Crippen LogP contribution in [0.15, 0.2) is 42.5 Å². The molecule has 0 aliphatic carbocycles. The molecule has 0 spiro atoms. The molecule has 0 radical (unpaired) electrons. The topological polar surface area (TPSA) is 55.8 Å². The molecule has 0 aliphatic heterocycles. The van der Waals surface area contributed by atoms with E-state index in [0.717, 1.165) is 15.4 Å². The number of hydrogen-bond acceptors (Lipinski definition) is 4. The number of ether oxygens (including phenoxy) is 1. The number of carbonyl (C=O) groups is 1. The van der Waals surface area contributed by atoms with Crippen LogP contribution in [0.2, 0.25) is 0 Å². The van der Waals surface area contributed by atoms with Gasteiger partial charge in [-0.05, 0) is 25.4 Å². The maximum absolute atomic E-state index is 12.5. The summed E-state index contributed by atoms with van der Waals surface area (Å²) >= 11 is 6.02. The van der Waals surface area contributed by atoms with Crippen LogP contribution in [0, 0.1) is 0 Å². The lowest BCUT2D eigenvalue weighted by atomic mass is 10.1. The number of nitrogens with zero attached hydrogens (tertiary/aromatic N) is 1. The first kappa shape index (κ1) is 16.8. The molecule has 2 aromatic rings. The Morgan fingerprint density at radius 2 is 1.91 bits per heavy atom. The van der Waals surface area contributed by atoms with Crippen LogP contribution in [0.1, 0.15) is 6.92 Å². The van der Waals surface area contributed by atoms with Gasteiger partial charge in [0.05, 0.1) is 6.61 Å². The summed E-state index contributed by atoms with van der Waals surface area (Å²) in [5.41, 5.74) is 0. The minimum absolute atomic E-state index is 0.209. The Kier molecular flexibility index (Phi) is 5.46. The van der Waals surface area contributed by atoms with Gasteiger partial charge in [0.1, 0.15) is 12.3 Å². The summed E-state index contributed by atoms with van der Waals surface area (Å²) in [7, 11) is 1.45. The van der Waals surface area contributed by atoms with Crippen LogP contribution < -0.4 is 4.52 Å². The maximum Gasteiger partial charge on any atom is 0.412 e. The van der Waals surface area contributed by atoms with E-state index in [0.29, 0.717) is 5.75 Å². The third-order valence-electron chi connectivity index (χ3n) is 3.03. The maximum atomic E-state index is 12.5. The predicted octanol–water partition coefficient (Wildman–Crippen LogP) is 4.06. The highest BCUT2D eigenvalue weighted by Crippen LogP contribution is 2.55. The van der Waals surface area contributed by atoms with Crippen molar-refractivity contribution in [2.24, 2.45) is 0 Å². The first-order valence-electron chi connectivity index (χ1n) is 6.78. The molecule has 118 valence electrons. The average molecular weight is 342 g/mol. The summed E-state index contributed by atoms with van der Waals surface area (Å²) < 4.78 is 24.0. The highest BCUT2D eigenvalue weighted by atomic mass is 35.7. The summed E-state index contributed by atoms with van der Waals surface area (Å²) in [5.74, 6) is -0.0977. The Bertz CT molecular complexity index is 716. The fourth-order valence-electron chi connectivity index (χ4n) is 1.94. The number of rotatable bonds is 6. The molecule has 7 heteroatoms. The van der Waals surface area contributed by atoms with Crippen LogP contribution in [0.25, 0.3) is 10.8 Å². The van der Waals surface area contributed by atoms with Crippen molar-refractivity contribution in [1.29, 1.82) is 0 Å². The monoisotopic (exact) mass is 341 g/mol. The van der Waals surface area contributed by atoms with Crippen molar-refractivity contribution in [1.82, 2.24) is 4.67 Å². The number of benzene rings is 2. The van der Waals surface area contributed by atoms with Crippen LogP contribution in [-0.4, -0.2) is 30.8 Å². The third-order valence-corrected chi connectivity index (χ3v) is 5.39. The number of halogens is 1. The van der Waals surface area contributed by atoms with Gasteiger partial charge >= 0.3 is 12.8 Å². The van der Waals surface area contributed by atoms with E-state index in [1.54, 1.807) is 19.1 Å². The molecule has 0 aliphatic rings. The molecule has 5 nitrogen and oxygen atoms in total. The predicted molar refractivity (Wildman–Crippen MR) is 87.3 cm³/mol. The Balaban J connectivity index is 2.20. The molecular formula is C15H17ClNO4P. The zero-order chi connectivity index (χ0) is 16.2. The van der Waals surface area contributed by atoms with Crippen molar-refractivity contribution in [2.75, 3.05) is 20.2 Å². The van der Waals surface area contributed by atoms with E-state index >= 15 is 0 Å². The fraction of sp³-hybridized carbons (Fsp3) is 0.267. The molecule has 0 heterocycles. The fourth-order valence-corrected chi connectivity index (χ4v) is 3.15. The summed E-state index contributed by atoms with van der Waals surface area (Å²) in [4.78, 5) is 11.5. The molecule has 0 saturated carbocycles. The van der Waals surface area contributed by atoms with Gasteiger partial charge in [-0.2, -0.15) is 0 Å². The lowest BCUT2D eigenvalue weighted by Crippen LogP contribution is -2.25. The first-order valence-corrected chi connectivity index (χ1v) is 9.26. The lowest BCUT2D eigenvalue weighted by Gasteiger charge is -2.22. The normalized spacial score (nSPS) is 13.8. The van der Waals surface area contributed by atoms with Crippen LogP contribution in [0.3, 0.4) is 0 Å². The highest BCUT2D eigenvalue weighted by molar-refractivity contribution is 7.83. The molecule has 22 heavy (non-hydrogen) atoms. The number of fused-ring (bicyclic) bond motifs is 1. The van der Waals surface area contributed by atoms with Gasteiger partial charge < -0.3 is 9.26 Å². The van der Waals surface area contributed by atoms with Gasteiger partial charge in [-0.1, -0.05) is 36.4 Å². The largest absolute Gasteiger partial charge is 0.465 e. The molecule has 1 unspecified atom stereocenters. The van der Waals surface area contributed by atoms with Gasteiger partial charge in [0, 0.05) is 16.6 Å². The van der Waals surface area contributed by atoms with E-state index in [-0.39, 0.29) is 13.2 Å². The lowest BCUT2D eigenvalue weighted by molar-refractivity contribution is -0.143. The Hall–Kier alpha value is -1.55. The minimum Gasteiger partial charge on any atom is -0.465 e. The molecule has 0 amide bonds. The van der Waals surface area contributed by atoms with E-state index in [9.17, 15) is 9.36 Å². The molecule has 2 rings (SSSR count). The number of likely N-dealkylation sites (N-methyl/N-ethyl adjacent to an activating group) is 1. The smallest absolute Gasteiger partial charge is 0.412 e. The molecule has 0 bridgehead atoms. The second-order valence-electron chi connectivity index (χ2n) is 4.64. The number of esters is 1. The minimum atomic E-state index is -3.68. The van der Waals surface area contributed by atoms with Gasteiger partial charge in [0.2, 0.25) is 0 Å². The van der Waals surface area contributed by atoms with Gasteiger partial charge in [-0.3, -0.25) is 4.79 Å².